The zero-order chi connectivity index (χ0) is 23.8. The number of benzene rings is 2. The molecular weight excluding hydrogens is 438 g/mol. The minimum absolute atomic E-state index is 0.105. The molecule has 0 aliphatic heterocycles. The van der Waals surface area contributed by atoms with Gasteiger partial charge in [0.05, 0.1) is 12.3 Å². The molecule has 0 fully saturated rings. The van der Waals surface area contributed by atoms with Gasteiger partial charge in [-0.25, -0.2) is 13.9 Å². The van der Waals surface area contributed by atoms with Crippen molar-refractivity contribution in [1.29, 1.82) is 0 Å². The van der Waals surface area contributed by atoms with Crippen molar-refractivity contribution in [2.24, 2.45) is 0 Å². The van der Waals surface area contributed by atoms with Gasteiger partial charge in [0, 0.05) is 43.7 Å². The first-order valence-corrected chi connectivity index (χ1v) is 10.4. The van der Waals surface area contributed by atoms with Crippen molar-refractivity contribution in [1.82, 2.24) is 5.32 Å². The van der Waals surface area contributed by atoms with E-state index in [4.69, 9.17) is 23.3 Å². The van der Waals surface area contributed by atoms with Gasteiger partial charge in [0.15, 0.2) is 0 Å². The summed E-state index contributed by atoms with van der Waals surface area (Å²) in [6, 6.07) is 12.6. The Kier molecular flexibility index (Phi) is 13.0. The molecule has 0 atom stereocenters. The molecule has 0 unspecified atom stereocenters. The Hall–Kier alpha value is -3.28. The Balaban J connectivity index is 0.00000249. The number of carbonyl (C=O) groups is 3. The van der Waals surface area contributed by atoms with Crippen LogP contribution in [-0.4, -0.2) is 39.4 Å². The van der Waals surface area contributed by atoms with Gasteiger partial charge in [0.1, 0.15) is 20.0 Å². The lowest BCUT2D eigenvalue weighted by molar-refractivity contribution is -0.0980. The summed E-state index contributed by atoms with van der Waals surface area (Å²) in [7, 11) is 3.04. The van der Waals surface area contributed by atoms with Gasteiger partial charge in [-0.2, -0.15) is 0 Å². The molecule has 0 spiro atoms. The van der Waals surface area contributed by atoms with Crippen molar-refractivity contribution in [3.05, 3.63) is 59.2 Å². The average Bonchev–Trinajstić information content (AvgIpc) is 2.83. The van der Waals surface area contributed by atoms with E-state index in [2.05, 4.69) is 16.1 Å². The fourth-order valence-corrected chi connectivity index (χ4v) is 2.59. The first kappa shape index (κ1) is 26.8. The fraction of sp³-hybridized carbons (Fsp3) is 0.286. The highest BCUT2D eigenvalue weighted by atomic mass is 32.2. The molecule has 32 heavy (non-hydrogen) atoms. The summed E-state index contributed by atoms with van der Waals surface area (Å²) in [5.74, 6) is 0. The Morgan fingerprint density at radius 2 is 1.56 bits per heavy atom. The Labute approximate surface area is 191 Å². The zero-order valence-electron chi connectivity index (χ0n) is 18.1. The summed E-state index contributed by atoms with van der Waals surface area (Å²) < 4.78 is 20.5. The molecule has 11 heteroatoms. The summed E-state index contributed by atoms with van der Waals surface area (Å²) in [5, 5.41) is 5.09. The van der Waals surface area contributed by atoms with Crippen molar-refractivity contribution in [3.63, 3.8) is 0 Å². The van der Waals surface area contributed by atoms with E-state index in [0.29, 0.717) is 5.69 Å². The smallest absolute Gasteiger partial charge is 0.411 e. The largest absolute Gasteiger partial charge is 0.445 e. The Bertz CT molecular complexity index is 850. The lowest BCUT2D eigenvalue weighted by Crippen LogP contribution is -2.19. The second-order valence-electron chi connectivity index (χ2n) is 6.00. The minimum Gasteiger partial charge on any atom is -0.445 e. The molecule has 0 bridgehead atoms. The SMILES string of the molecule is C=O.CNC(=O)OCc1ccc(NC(=O)OCc2ccc(NOSC)cc2)c(COC)c1. The third kappa shape index (κ3) is 9.69. The van der Waals surface area contributed by atoms with Crippen LogP contribution in [0.3, 0.4) is 0 Å². The number of rotatable bonds is 10. The van der Waals surface area contributed by atoms with E-state index in [-0.39, 0.29) is 19.8 Å². The van der Waals surface area contributed by atoms with E-state index in [1.165, 1.54) is 19.1 Å². The van der Waals surface area contributed by atoms with Crippen LogP contribution in [0, 0.1) is 0 Å². The lowest BCUT2D eigenvalue weighted by Gasteiger charge is -2.13. The number of nitrogens with one attached hydrogen (secondary N) is 3. The summed E-state index contributed by atoms with van der Waals surface area (Å²) in [4.78, 5) is 31.4. The average molecular weight is 466 g/mol. The van der Waals surface area contributed by atoms with E-state index in [1.54, 1.807) is 31.6 Å². The van der Waals surface area contributed by atoms with Gasteiger partial charge in [0.2, 0.25) is 0 Å². The summed E-state index contributed by atoms with van der Waals surface area (Å²) >= 11 is 1.20. The second-order valence-corrected chi connectivity index (χ2v) is 6.50. The number of alkyl carbamates (subject to hydrolysis) is 1. The van der Waals surface area contributed by atoms with Gasteiger partial charge in [-0.3, -0.25) is 10.8 Å². The van der Waals surface area contributed by atoms with Gasteiger partial charge < -0.3 is 24.3 Å². The highest BCUT2D eigenvalue weighted by Gasteiger charge is 2.10. The van der Waals surface area contributed by atoms with E-state index < -0.39 is 12.2 Å². The van der Waals surface area contributed by atoms with Gasteiger partial charge >= 0.3 is 12.2 Å². The normalized spacial score (nSPS) is 9.72. The Morgan fingerprint density at radius 3 is 2.19 bits per heavy atom. The lowest BCUT2D eigenvalue weighted by atomic mass is 10.1. The molecular formula is C21H27N3O7S. The molecule has 2 aromatic carbocycles. The molecule has 0 aromatic heterocycles. The third-order valence-electron chi connectivity index (χ3n) is 3.85. The number of hydrogen-bond acceptors (Lipinski definition) is 9. The van der Waals surface area contributed by atoms with Crippen molar-refractivity contribution in [2.45, 2.75) is 19.8 Å². The molecule has 0 aliphatic rings. The number of amides is 2. The van der Waals surface area contributed by atoms with Gasteiger partial charge in [-0.05, 0) is 35.4 Å². The second kappa shape index (κ2) is 15.5. The predicted molar refractivity (Wildman–Crippen MR) is 122 cm³/mol. The molecule has 0 heterocycles. The molecule has 0 saturated heterocycles. The monoisotopic (exact) mass is 465 g/mol. The quantitative estimate of drug-likeness (QED) is 0.354. The van der Waals surface area contributed by atoms with E-state index >= 15 is 0 Å². The molecule has 2 rings (SSSR count). The number of ether oxygens (including phenoxy) is 3. The number of anilines is 2. The van der Waals surface area contributed by atoms with Crippen LogP contribution in [0.4, 0.5) is 21.0 Å². The maximum Gasteiger partial charge on any atom is 0.411 e. The summed E-state index contributed by atoms with van der Waals surface area (Å²) in [6.45, 7) is 2.50. The topological polar surface area (TPSA) is 124 Å². The number of methoxy groups -OCH3 is 1. The van der Waals surface area contributed by atoms with Crippen LogP contribution in [0.15, 0.2) is 42.5 Å². The van der Waals surface area contributed by atoms with Crippen molar-refractivity contribution < 1.29 is 32.9 Å². The molecule has 0 saturated carbocycles. The van der Waals surface area contributed by atoms with E-state index in [0.717, 1.165) is 22.4 Å². The van der Waals surface area contributed by atoms with E-state index in [9.17, 15) is 9.59 Å². The van der Waals surface area contributed by atoms with Gasteiger partial charge in [0.25, 0.3) is 0 Å². The van der Waals surface area contributed by atoms with Crippen LogP contribution in [-0.2, 0) is 43.1 Å². The molecule has 0 aliphatic carbocycles. The molecule has 174 valence electrons. The maximum atomic E-state index is 12.2. The number of hydrogen-bond donors (Lipinski definition) is 3. The van der Waals surface area contributed by atoms with E-state index in [1.807, 2.05) is 31.1 Å². The van der Waals surface area contributed by atoms with Gasteiger partial charge in [-0.1, -0.05) is 18.2 Å². The number of carbonyl (C=O) groups excluding carboxylic acids is 3. The van der Waals surface area contributed by atoms with Crippen LogP contribution >= 0.6 is 12.0 Å². The van der Waals surface area contributed by atoms with Crippen LogP contribution in [0.2, 0.25) is 0 Å². The minimum atomic E-state index is -0.588. The maximum absolute atomic E-state index is 12.2. The summed E-state index contributed by atoms with van der Waals surface area (Å²) in [5.41, 5.74) is 6.44. The van der Waals surface area contributed by atoms with Crippen LogP contribution in [0.25, 0.3) is 0 Å². The molecule has 3 N–H and O–H groups in total. The predicted octanol–water partition coefficient (Wildman–Crippen LogP) is 3.87. The fourth-order valence-electron chi connectivity index (χ4n) is 2.41. The van der Waals surface area contributed by atoms with Crippen LogP contribution < -0.4 is 16.1 Å². The molecule has 0 radical (unpaired) electrons. The van der Waals surface area contributed by atoms with Crippen LogP contribution in [0.5, 0.6) is 0 Å². The zero-order valence-corrected chi connectivity index (χ0v) is 19.0. The van der Waals surface area contributed by atoms with Crippen LogP contribution in [0.1, 0.15) is 16.7 Å². The van der Waals surface area contributed by atoms with Crippen molar-refractivity contribution in [3.8, 4) is 0 Å². The standard InChI is InChI=1S/C20H25N3O6S.CH2O/c1-21-19(24)27-12-15-6-9-18(16(10-15)13-26-2)22-20(25)28-11-14-4-7-17(8-5-14)23-29-30-3;1-2/h4-10,23H,11-13H2,1-3H3,(H,21,24)(H,22,25);1H2. The molecule has 10 nitrogen and oxygen atoms in total. The molecule has 2 aromatic rings. The first-order chi connectivity index (χ1) is 15.5. The highest BCUT2D eigenvalue weighted by molar-refractivity contribution is 7.93. The van der Waals surface area contributed by atoms with Crippen molar-refractivity contribution in [2.75, 3.05) is 31.2 Å². The van der Waals surface area contributed by atoms with Gasteiger partial charge in [-0.15, -0.1) is 0 Å². The molecule has 2 amide bonds. The van der Waals surface area contributed by atoms with Crippen molar-refractivity contribution >= 4 is 42.4 Å². The third-order valence-corrected chi connectivity index (χ3v) is 4.10. The highest BCUT2D eigenvalue weighted by Crippen LogP contribution is 2.20. The first-order valence-electron chi connectivity index (χ1n) is 9.28. The Morgan fingerprint density at radius 1 is 0.938 bits per heavy atom. The summed E-state index contributed by atoms with van der Waals surface area (Å²) in [6.07, 6.45) is 0.697.